The number of esters is 1. The maximum atomic E-state index is 12.5. The first-order valence-electron chi connectivity index (χ1n) is 9.91. The molecule has 3 amide bonds. The van der Waals surface area contributed by atoms with E-state index in [1.165, 1.54) is 23.2 Å². The molecule has 1 saturated heterocycles. The van der Waals surface area contributed by atoms with Gasteiger partial charge in [0.05, 0.1) is 23.2 Å². The highest BCUT2D eigenvalue weighted by Gasteiger charge is 2.47. The second kappa shape index (κ2) is 8.81. The monoisotopic (exact) mass is 439 g/mol. The summed E-state index contributed by atoms with van der Waals surface area (Å²) in [5.74, 6) is -2.23. The molecule has 2 heterocycles. The first-order valence-corrected chi connectivity index (χ1v) is 10.8. The van der Waals surface area contributed by atoms with Crippen molar-refractivity contribution in [3.05, 3.63) is 53.6 Å². The van der Waals surface area contributed by atoms with Gasteiger partial charge in [0, 0.05) is 12.3 Å². The van der Waals surface area contributed by atoms with Crippen LogP contribution in [0.3, 0.4) is 0 Å². The van der Waals surface area contributed by atoms with E-state index in [0.29, 0.717) is 29.4 Å². The van der Waals surface area contributed by atoms with E-state index < -0.39 is 12.5 Å². The molecule has 1 fully saturated rings. The molecule has 0 radical (unpaired) electrons. The number of carbonyl (C=O) groups is 4. The van der Waals surface area contributed by atoms with E-state index in [-0.39, 0.29) is 36.2 Å². The number of hydrogen-bond acceptors (Lipinski definition) is 7. The number of hydrogen-bond donors (Lipinski definition) is 0. The van der Waals surface area contributed by atoms with Crippen LogP contribution in [0.5, 0.6) is 0 Å². The molecule has 2 unspecified atom stereocenters. The maximum Gasteiger partial charge on any atom is 0.326 e. The van der Waals surface area contributed by atoms with E-state index in [2.05, 4.69) is 4.98 Å². The lowest BCUT2D eigenvalue weighted by Crippen LogP contribution is -2.36. The third-order valence-corrected chi connectivity index (χ3v) is 6.20. The van der Waals surface area contributed by atoms with Crippen molar-refractivity contribution in [2.45, 2.75) is 26.4 Å². The molecule has 2 aliphatic rings. The highest BCUT2D eigenvalue weighted by atomic mass is 32.1. The Morgan fingerprint density at radius 1 is 1.13 bits per heavy atom. The number of rotatable bonds is 6. The minimum absolute atomic E-state index is 0.111. The Kier molecular flexibility index (Phi) is 5.94. The number of benzene rings is 1. The summed E-state index contributed by atoms with van der Waals surface area (Å²) >= 11 is 1.26. The highest BCUT2D eigenvalue weighted by molar-refractivity contribution is 7.14. The number of ether oxygens (including phenoxy) is 1. The van der Waals surface area contributed by atoms with E-state index in [1.807, 2.05) is 30.4 Å². The number of amides is 3. The van der Waals surface area contributed by atoms with Gasteiger partial charge in [-0.05, 0) is 25.0 Å². The van der Waals surface area contributed by atoms with Crippen LogP contribution < -0.4 is 4.90 Å². The van der Waals surface area contributed by atoms with Gasteiger partial charge in [0.25, 0.3) is 0 Å². The number of aromatic nitrogens is 1. The predicted molar refractivity (Wildman–Crippen MR) is 113 cm³/mol. The van der Waals surface area contributed by atoms with Crippen LogP contribution in [-0.2, 0) is 30.5 Å². The topological polar surface area (TPSA) is 96.9 Å². The third-order valence-electron chi connectivity index (χ3n) is 5.33. The molecule has 1 aliphatic carbocycles. The van der Waals surface area contributed by atoms with Crippen LogP contribution in [0.2, 0.25) is 0 Å². The highest BCUT2D eigenvalue weighted by Crippen LogP contribution is 2.35. The van der Waals surface area contributed by atoms with Crippen molar-refractivity contribution in [3.63, 3.8) is 0 Å². The second-order valence-corrected chi connectivity index (χ2v) is 8.23. The maximum absolute atomic E-state index is 12.5. The summed E-state index contributed by atoms with van der Waals surface area (Å²) in [6.07, 6.45) is 4.84. The molecule has 1 aromatic heterocycles. The van der Waals surface area contributed by atoms with Crippen LogP contribution in [0, 0.1) is 11.8 Å². The molecule has 0 spiro atoms. The van der Waals surface area contributed by atoms with Crippen LogP contribution in [0.1, 0.15) is 25.5 Å². The molecule has 1 aliphatic heterocycles. The van der Waals surface area contributed by atoms with E-state index in [1.54, 1.807) is 17.5 Å². The van der Waals surface area contributed by atoms with Gasteiger partial charge in [0.1, 0.15) is 13.2 Å². The van der Waals surface area contributed by atoms with Gasteiger partial charge in [-0.3, -0.25) is 29.0 Å². The lowest BCUT2D eigenvalue weighted by molar-refractivity contribution is -0.153. The minimum atomic E-state index is -0.672. The standard InChI is InChI=1S/C22H21N3O5S/c1-14(26)25(16-7-3-2-4-8-16)22-23-15(13-31-22)12-30-19(27)11-24-20(28)17-9-5-6-10-18(17)21(24)29/h2-8,13,17-18H,9-12H2,1H3. The fourth-order valence-electron chi connectivity index (χ4n) is 3.82. The lowest BCUT2D eigenvalue weighted by atomic mass is 9.85. The Balaban J connectivity index is 1.36. The van der Waals surface area contributed by atoms with Crippen LogP contribution in [0.15, 0.2) is 47.9 Å². The largest absolute Gasteiger partial charge is 0.458 e. The predicted octanol–water partition coefficient (Wildman–Crippen LogP) is 2.82. The summed E-state index contributed by atoms with van der Waals surface area (Å²) in [5, 5.41) is 2.17. The zero-order chi connectivity index (χ0) is 22.0. The molecule has 1 aromatic carbocycles. The number of anilines is 2. The number of nitrogens with zero attached hydrogens (tertiary/aromatic N) is 3. The molecule has 2 aromatic rings. The first-order chi connectivity index (χ1) is 15.0. The molecule has 0 N–H and O–H groups in total. The Morgan fingerprint density at radius 3 is 2.39 bits per heavy atom. The van der Waals surface area contributed by atoms with Crippen LogP contribution in [0.25, 0.3) is 0 Å². The number of fused-ring (bicyclic) bond motifs is 1. The van der Waals surface area contributed by atoms with E-state index in [4.69, 9.17) is 4.74 Å². The second-order valence-electron chi connectivity index (χ2n) is 7.39. The van der Waals surface area contributed by atoms with E-state index >= 15 is 0 Å². The fraction of sp³-hybridized carbons (Fsp3) is 0.318. The Bertz CT molecular complexity index is 1020. The number of carbonyl (C=O) groups excluding carboxylic acids is 4. The van der Waals surface area contributed by atoms with Crippen molar-refractivity contribution in [1.82, 2.24) is 9.88 Å². The molecular formula is C22H21N3O5S. The van der Waals surface area contributed by atoms with E-state index in [9.17, 15) is 19.2 Å². The summed E-state index contributed by atoms with van der Waals surface area (Å²) < 4.78 is 5.24. The summed E-state index contributed by atoms with van der Waals surface area (Å²) in [6.45, 7) is 0.942. The molecule has 0 bridgehead atoms. The van der Waals surface area contributed by atoms with Crippen molar-refractivity contribution >= 4 is 45.8 Å². The minimum Gasteiger partial charge on any atom is -0.458 e. The van der Waals surface area contributed by atoms with Crippen molar-refractivity contribution < 1.29 is 23.9 Å². The van der Waals surface area contributed by atoms with Gasteiger partial charge in [-0.2, -0.15) is 0 Å². The number of para-hydroxylation sites is 1. The van der Waals surface area contributed by atoms with Crippen LogP contribution in [-0.4, -0.2) is 40.1 Å². The van der Waals surface area contributed by atoms with Crippen molar-refractivity contribution in [3.8, 4) is 0 Å². The molecule has 0 saturated carbocycles. The molecule has 31 heavy (non-hydrogen) atoms. The number of allylic oxidation sites excluding steroid dienone is 2. The smallest absolute Gasteiger partial charge is 0.326 e. The van der Waals surface area contributed by atoms with Gasteiger partial charge in [-0.15, -0.1) is 11.3 Å². The number of imide groups is 1. The van der Waals surface area contributed by atoms with E-state index in [0.717, 1.165) is 4.90 Å². The summed E-state index contributed by atoms with van der Waals surface area (Å²) in [6, 6.07) is 9.12. The average Bonchev–Trinajstić information content (AvgIpc) is 3.32. The van der Waals surface area contributed by atoms with Gasteiger partial charge in [-0.25, -0.2) is 4.98 Å². The summed E-state index contributed by atoms with van der Waals surface area (Å²) in [5.41, 5.74) is 1.17. The Morgan fingerprint density at radius 2 is 1.77 bits per heavy atom. The molecule has 160 valence electrons. The molecule has 4 rings (SSSR count). The third kappa shape index (κ3) is 4.27. The van der Waals surface area contributed by atoms with Crippen molar-refractivity contribution in [2.75, 3.05) is 11.4 Å². The average molecular weight is 439 g/mol. The fourth-order valence-corrected chi connectivity index (χ4v) is 4.69. The molecule has 9 heteroatoms. The molecule has 2 atom stereocenters. The SMILES string of the molecule is CC(=O)N(c1ccccc1)c1nc(COC(=O)CN2C(=O)C3CC=CCC3C2=O)cs1. The molecule has 8 nitrogen and oxygen atoms in total. The molecular weight excluding hydrogens is 418 g/mol. The van der Waals surface area contributed by atoms with Gasteiger partial charge in [-0.1, -0.05) is 30.4 Å². The summed E-state index contributed by atoms with van der Waals surface area (Å²) in [7, 11) is 0. The van der Waals surface area contributed by atoms with Gasteiger partial charge in [0.2, 0.25) is 17.7 Å². The lowest BCUT2D eigenvalue weighted by Gasteiger charge is -2.17. The number of likely N-dealkylation sites (tertiary alicyclic amines) is 1. The Hall–Kier alpha value is -3.33. The zero-order valence-electron chi connectivity index (χ0n) is 16.9. The Labute approximate surface area is 183 Å². The van der Waals surface area contributed by atoms with Crippen LogP contribution >= 0.6 is 11.3 Å². The first kappa shape index (κ1) is 20.9. The van der Waals surface area contributed by atoms with Gasteiger partial charge < -0.3 is 4.74 Å². The van der Waals surface area contributed by atoms with Crippen LogP contribution in [0.4, 0.5) is 10.8 Å². The summed E-state index contributed by atoms with van der Waals surface area (Å²) in [4.78, 5) is 56.2. The van der Waals surface area contributed by atoms with Crippen molar-refractivity contribution in [1.29, 1.82) is 0 Å². The van der Waals surface area contributed by atoms with Gasteiger partial charge in [0.15, 0.2) is 5.13 Å². The number of thiazole rings is 1. The normalized spacial score (nSPS) is 20.0. The quantitative estimate of drug-likeness (QED) is 0.390. The zero-order valence-corrected chi connectivity index (χ0v) is 17.7. The van der Waals surface area contributed by atoms with Gasteiger partial charge >= 0.3 is 5.97 Å². The van der Waals surface area contributed by atoms with Crippen molar-refractivity contribution in [2.24, 2.45) is 11.8 Å².